The molecule has 5 aromatic rings. The van der Waals surface area contributed by atoms with E-state index in [1.807, 2.05) is 59.4 Å². The molecule has 35 heavy (non-hydrogen) atoms. The fraction of sp³-hybridized carbons (Fsp3) is 0.154. The topological polar surface area (TPSA) is 115 Å². The smallest absolute Gasteiger partial charge is 0.275 e. The lowest BCUT2D eigenvalue weighted by Crippen LogP contribution is -2.14. The highest BCUT2D eigenvalue weighted by atomic mass is 16.6. The van der Waals surface area contributed by atoms with Crippen LogP contribution in [0.5, 0.6) is 5.75 Å². The van der Waals surface area contributed by atoms with E-state index in [0.717, 1.165) is 29.4 Å². The fourth-order valence-corrected chi connectivity index (χ4v) is 3.96. The normalized spacial score (nSPS) is 11.1. The van der Waals surface area contributed by atoms with Crippen LogP contribution in [0, 0.1) is 10.1 Å². The van der Waals surface area contributed by atoms with Gasteiger partial charge < -0.3 is 15.1 Å². The lowest BCUT2D eigenvalue weighted by atomic mass is 10.1. The van der Waals surface area contributed by atoms with Crippen molar-refractivity contribution in [1.29, 1.82) is 0 Å². The number of non-ortho nitro benzene ring substituents is 1. The van der Waals surface area contributed by atoms with E-state index in [9.17, 15) is 14.9 Å². The van der Waals surface area contributed by atoms with Gasteiger partial charge in [-0.3, -0.25) is 19.6 Å². The predicted molar refractivity (Wildman–Crippen MR) is 135 cm³/mol. The van der Waals surface area contributed by atoms with Gasteiger partial charge in [0.15, 0.2) is 0 Å². The highest BCUT2D eigenvalue weighted by Crippen LogP contribution is 2.31. The van der Waals surface area contributed by atoms with Crippen molar-refractivity contribution in [1.82, 2.24) is 14.6 Å². The molecule has 0 fully saturated rings. The molecule has 0 saturated heterocycles. The largest absolute Gasteiger partial charge is 0.489 e. The summed E-state index contributed by atoms with van der Waals surface area (Å²) in [5.74, 6) is 0.707. The van der Waals surface area contributed by atoms with Crippen molar-refractivity contribution in [2.75, 3.05) is 12.0 Å². The SMILES string of the molecule is CCCNn1cc(-c2nc3ccc([N+](=O)[O-])cc3[nH]c2=O)c2ccc(OCc3ccccc3)cc21. The molecule has 0 atom stereocenters. The molecule has 0 bridgehead atoms. The standard InChI is InChI=1S/C26H23N5O4/c1-2-12-27-30-15-21(25-26(32)29-23-13-18(31(33)34)8-11-22(23)28-25)20-10-9-19(14-24(20)30)35-16-17-6-4-3-5-7-17/h3-11,13-15,27H,2,12,16H2,1H3,(H,29,32). The molecule has 0 radical (unpaired) electrons. The summed E-state index contributed by atoms with van der Waals surface area (Å²) in [5, 5.41) is 11.9. The number of hydrogen-bond acceptors (Lipinski definition) is 6. The predicted octanol–water partition coefficient (Wildman–Crippen LogP) is 4.99. The second kappa shape index (κ2) is 9.30. The van der Waals surface area contributed by atoms with Gasteiger partial charge in [0.1, 0.15) is 18.1 Å². The molecule has 5 rings (SSSR count). The van der Waals surface area contributed by atoms with Crippen molar-refractivity contribution in [3.05, 3.63) is 99.0 Å². The summed E-state index contributed by atoms with van der Waals surface area (Å²) >= 11 is 0. The lowest BCUT2D eigenvalue weighted by molar-refractivity contribution is -0.384. The molecule has 9 nitrogen and oxygen atoms in total. The number of nitro groups is 1. The number of fused-ring (bicyclic) bond motifs is 2. The maximum atomic E-state index is 13.0. The molecule has 9 heteroatoms. The zero-order valence-electron chi connectivity index (χ0n) is 19.0. The Hall–Kier alpha value is -4.66. The molecule has 2 aromatic heterocycles. The molecular weight excluding hydrogens is 446 g/mol. The summed E-state index contributed by atoms with van der Waals surface area (Å²) < 4.78 is 7.89. The summed E-state index contributed by atoms with van der Waals surface area (Å²) in [6.45, 7) is 3.26. The van der Waals surface area contributed by atoms with Gasteiger partial charge in [0.2, 0.25) is 0 Å². The van der Waals surface area contributed by atoms with Gasteiger partial charge in [-0.15, -0.1) is 0 Å². The molecule has 0 aliphatic heterocycles. The fourth-order valence-electron chi connectivity index (χ4n) is 3.96. The van der Waals surface area contributed by atoms with Crippen LogP contribution in [0.2, 0.25) is 0 Å². The number of nitro benzene ring substituents is 1. The van der Waals surface area contributed by atoms with E-state index in [4.69, 9.17) is 4.74 Å². The molecule has 3 aromatic carbocycles. The summed E-state index contributed by atoms with van der Waals surface area (Å²) in [6, 6.07) is 19.9. The van der Waals surface area contributed by atoms with Gasteiger partial charge in [0.05, 0.1) is 21.5 Å². The Morgan fingerprint density at radius 1 is 1.11 bits per heavy atom. The Morgan fingerprint density at radius 2 is 1.94 bits per heavy atom. The Bertz CT molecular complexity index is 1590. The van der Waals surface area contributed by atoms with Crippen LogP contribution in [0.1, 0.15) is 18.9 Å². The van der Waals surface area contributed by atoms with Crippen LogP contribution in [0.4, 0.5) is 5.69 Å². The minimum Gasteiger partial charge on any atom is -0.489 e. The van der Waals surface area contributed by atoms with Gasteiger partial charge >= 0.3 is 0 Å². The number of nitrogens with zero attached hydrogens (tertiary/aromatic N) is 3. The number of nitrogens with one attached hydrogen (secondary N) is 2. The maximum Gasteiger partial charge on any atom is 0.275 e. The maximum absolute atomic E-state index is 13.0. The van der Waals surface area contributed by atoms with Crippen molar-refractivity contribution >= 4 is 27.6 Å². The van der Waals surface area contributed by atoms with Gasteiger partial charge in [-0.2, -0.15) is 0 Å². The van der Waals surface area contributed by atoms with Crippen molar-refractivity contribution in [3.8, 4) is 17.0 Å². The van der Waals surface area contributed by atoms with Crippen molar-refractivity contribution in [2.24, 2.45) is 0 Å². The van der Waals surface area contributed by atoms with Crippen LogP contribution in [0.15, 0.2) is 77.7 Å². The van der Waals surface area contributed by atoms with Crippen LogP contribution in [0.25, 0.3) is 33.2 Å². The molecule has 2 heterocycles. The Morgan fingerprint density at radius 3 is 2.71 bits per heavy atom. The number of H-pyrrole nitrogens is 1. The molecule has 0 saturated carbocycles. The van der Waals surface area contributed by atoms with Crippen LogP contribution in [-0.4, -0.2) is 26.1 Å². The van der Waals surface area contributed by atoms with E-state index in [-0.39, 0.29) is 11.4 Å². The number of aromatic nitrogens is 3. The second-order valence-corrected chi connectivity index (χ2v) is 8.15. The van der Waals surface area contributed by atoms with Crippen LogP contribution in [0.3, 0.4) is 0 Å². The number of rotatable bonds is 8. The summed E-state index contributed by atoms with van der Waals surface area (Å²) in [4.78, 5) is 30.8. The molecule has 176 valence electrons. The molecule has 0 amide bonds. The van der Waals surface area contributed by atoms with Gasteiger partial charge in [0.25, 0.3) is 11.2 Å². The summed E-state index contributed by atoms with van der Waals surface area (Å²) in [7, 11) is 0. The Balaban J connectivity index is 1.57. The average molecular weight is 470 g/mol. The van der Waals surface area contributed by atoms with Gasteiger partial charge in [-0.05, 0) is 30.2 Å². The Kier molecular flexibility index (Phi) is 5.88. The third kappa shape index (κ3) is 4.43. The van der Waals surface area contributed by atoms with E-state index < -0.39 is 10.5 Å². The van der Waals surface area contributed by atoms with E-state index >= 15 is 0 Å². The first-order valence-corrected chi connectivity index (χ1v) is 11.3. The number of ether oxygens (including phenoxy) is 1. The highest BCUT2D eigenvalue weighted by molar-refractivity contribution is 5.96. The third-order valence-electron chi connectivity index (χ3n) is 5.70. The molecule has 2 N–H and O–H groups in total. The van der Waals surface area contributed by atoms with Crippen molar-refractivity contribution < 1.29 is 9.66 Å². The summed E-state index contributed by atoms with van der Waals surface area (Å²) in [6.07, 6.45) is 2.77. The average Bonchev–Trinajstić information content (AvgIpc) is 3.23. The van der Waals surface area contributed by atoms with Crippen LogP contribution >= 0.6 is 0 Å². The van der Waals surface area contributed by atoms with Crippen LogP contribution < -0.4 is 15.7 Å². The van der Waals surface area contributed by atoms with E-state index in [1.54, 1.807) is 0 Å². The minimum absolute atomic E-state index is 0.105. The molecule has 0 spiro atoms. The zero-order valence-corrected chi connectivity index (χ0v) is 19.0. The summed E-state index contributed by atoms with van der Waals surface area (Å²) in [5.41, 5.74) is 6.43. The van der Waals surface area contributed by atoms with Gasteiger partial charge in [0, 0.05) is 41.9 Å². The third-order valence-corrected chi connectivity index (χ3v) is 5.70. The van der Waals surface area contributed by atoms with Gasteiger partial charge in [-0.25, -0.2) is 4.98 Å². The molecule has 0 aliphatic carbocycles. The molecule has 0 unspecified atom stereocenters. The van der Waals surface area contributed by atoms with E-state index in [1.165, 1.54) is 18.2 Å². The number of benzene rings is 3. The number of aromatic amines is 1. The van der Waals surface area contributed by atoms with Gasteiger partial charge in [-0.1, -0.05) is 37.3 Å². The highest BCUT2D eigenvalue weighted by Gasteiger charge is 2.17. The minimum atomic E-state index is -0.504. The molecule has 0 aliphatic rings. The molecular formula is C26H23N5O4. The quantitative estimate of drug-likeness (QED) is 0.244. The van der Waals surface area contributed by atoms with Crippen molar-refractivity contribution in [3.63, 3.8) is 0 Å². The first-order valence-electron chi connectivity index (χ1n) is 11.3. The number of hydrogen-bond donors (Lipinski definition) is 2. The van der Waals surface area contributed by atoms with Crippen LogP contribution in [-0.2, 0) is 6.61 Å². The lowest BCUT2D eigenvalue weighted by Gasteiger charge is -2.10. The van der Waals surface area contributed by atoms with E-state index in [0.29, 0.717) is 29.0 Å². The second-order valence-electron chi connectivity index (χ2n) is 8.15. The Labute approximate surface area is 200 Å². The van der Waals surface area contributed by atoms with E-state index in [2.05, 4.69) is 22.3 Å². The monoisotopic (exact) mass is 469 g/mol. The zero-order chi connectivity index (χ0) is 24.4. The van der Waals surface area contributed by atoms with Crippen molar-refractivity contribution in [2.45, 2.75) is 20.0 Å². The first-order chi connectivity index (χ1) is 17.0. The first kappa shape index (κ1) is 22.1.